The van der Waals surface area contributed by atoms with Crippen LogP contribution in [0, 0.1) is 0 Å². The van der Waals surface area contributed by atoms with Gasteiger partial charge in [0.05, 0.1) is 0 Å². The van der Waals surface area contributed by atoms with Gasteiger partial charge < -0.3 is 0 Å². The van der Waals surface area contributed by atoms with E-state index >= 15 is 0 Å². The second kappa shape index (κ2) is 5.66. The number of benzene rings is 2. The zero-order valence-electron chi connectivity index (χ0n) is 8.94. The van der Waals surface area contributed by atoms with Gasteiger partial charge >= 0.3 is 0 Å². The van der Waals surface area contributed by atoms with E-state index in [4.69, 9.17) is 0 Å². The normalized spacial score (nSPS) is 10.8. The Labute approximate surface area is 105 Å². The third kappa shape index (κ3) is 3.07. The zero-order valence-corrected chi connectivity index (χ0v) is 10.5. The molecule has 0 amide bonds. The summed E-state index contributed by atoms with van der Waals surface area (Å²) < 4.78 is 0. The standard InChI is InChI=1S/C15H13Br/c16-12-15-10-8-14(9-11-15)7-6-13-4-2-1-3-5-13/h1-11H,12H2/b7-6+. The van der Waals surface area contributed by atoms with Gasteiger partial charge in [0.15, 0.2) is 0 Å². The lowest BCUT2D eigenvalue weighted by molar-refractivity contribution is 1.43. The summed E-state index contributed by atoms with van der Waals surface area (Å²) in [6, 6.07) is 18.9. The topological polar surface area (TPSA) is 0 Å². The fourth-order valence-corrected chi connectivity index (χ4v) is 1.85. The average molecular weight is 273 g/mol. The summed E-state index contributed by atoms with van der Waals surface area (Å²) >= 11 is 3.44. The van der Waals surface area contributed by atoms with E-state index in [0.29, 0.717) is 0 Å². The van der Waals surface area contributed by atoms with Crippen LogP contribution in [0.5, 0.6) is 0 Å². The number of rotatable bonds is 3. The van der Waals surface area contributed by atoms with E-state index in [0.717, 1.165) is 5.33 Å². The van der Waals surface area contributed by atoms with Crippen molar-refractivity contribution < 1.29 is 0 Å². The summed E-state index contributed by atoms with van der Waals surface area (Å²) in [5, 5.41) is 0.912. The second-order valence-corrected chi connectivity index (χ2v) is 4.18. The SMILES string of the molecule is BrCc1ccc(/C=C/c2ccccc2)cc1. The van der Waals surface area contributed by atoms with Crippen LogP contribution in [0.1, 0.15) is 16.7 Å². The lowest BCUT2D eigenvalue weighted by atomic mass is 10.1. The Morgan fingerprint density at radius 2 is 1.31 bits per heavy atom. The molecular formula is C15H13Br. The fraction of sp³-hybridized carbons (Fsp3) is 0.0667. The summed E-state index contributed by atoms with van der Waals surface area (Å²) in [4.78, 5) is 0. The van der Waals surface area contributed by atoms with Crippen LogP contribution < -0.4 is 0 Å². The smallest absolute Gasteiger partial charge is 0.0283 e. The maximum Gasteiger partial charge on any atom is 0.0283 e. The van der Waals surface area contributed by atoms with Crippen LogP contribution in [-0.2, 0) is 5.33 Å². The minimum atomic E-state index is 0.912. The molecule has 0 aliphatic carbocycles. The molecule has 0 unspecified atom stereocenters. The van der Waals surface area contributed by atoms with Gasteiger partial charge in [-0.15, -0.1) is 0 Å². The number of hydrogen-bond acceptors (Lipinski definition) is 0. The third-order valence-electron chi connectivity index (χ3n) is 2.40. The van der Waals surface area contributed by atoms with Crippen LogP contribution in [0.15, 0.2) is 54.6 Å². The molecule has 0 heterocycles. The molecule has 16 heavy (non-hydrogen) atoms. The first-order chi connectivity index (χ1) is 7.88. The highest BCUT2D eigenvalue weighted by molar-refractivity contribution is 9.08. The summed E-state index contributed by atoms with van der Waals surface area (Å²) in [6.07, 6.45) is 4.26. The predicted octanol–water partition coefficient (Wildman–Crippen LogP) is 4.75. The van der Waals surface area contributed by atoms with Crippen molar-refractivity contribution in [1.82, 2.24) is 0 Å². The summed E-state index contributed by atoms with van der Waals surface area (Å²) in [5.74, 6) is 0. The molecule has 2 aromatic carbocycles. The van der Waals surface area contributed by atoms with E-state index in [9.17, 15) is 0 Å². The van der Waals surface area contributed by atoms with Crippen LogP contribution in [0.3, 0.4) is 0 Å². The zero-order chi connectivity index (χ0) is 11.2. The van der Waals surface area contributed by atoms with Crippen LogP contribution in [-0.4, -0.2) is 0 Å². The molecule has 0 N–H and O–H groups in total. The molecular weight excluding hydrogens is 260 g/mol. The van der Waals surface area contributed by atoms with Gasteiger partial charge in [0.25, 0.3) is 0 Å². The Kier molecular flexibility index (Phi) is 3.95. The van der Waals surface area contributed by atoms with E-state index in [-0.39, 0.29) is 0 Å². The van der Waals surface area contributed by atoms with E-state index in [1.54, 1.807) is 0 Å². The van der Waals surface area contributed by atoms with Gasteiger partial charge in [0, 0.05) is 5.33 Å². The number of hydrogen-bond donors (Lipinski definition) is 0. The number of alkyl halides is 1. The first-order valence-electron chi connectivity index (χ1n) is 5.26. The molecule has 0 spiro atoms. The molecule has 80 valence electrons. The summed E-state index contributed by atoms with van der Waals surface area (Å²) in [6.45, 7) is 0. The maximum absolute atomic E-state index is 3.44. The molecule has 0 aliphatic heterocycles. The predicted molar refractivity (Wildman–Crippen MR) is 74.4 cm³/mol. The van der Waals surface area contributed by atoms with E-state index in [2.05, 4.69) is 64.5 Å². The Hall–Kier alpha value is -1.34. The van der Waals surface area contributed by atoms with Crippen LogP contribution in [0.2, 0.25) is 0 Å². The van der Waals surface area contributed by atoms with E-state index in [1.165, 1.54) is 16.7 Å². The first-order valence-corrected chi connectivity index (χ1v) is 6.39. The molecule has 0 aromatic heterocycles. The Morgan fingerprint density at radius 1 is 0.750 bits per heavy atom. The molecule has 0 fully saturated rings. The molecule has 0 aliphatic rings. The van der Waals surface area contributed by atoms with Crippen molar-refractivity contribution in [3.05, 3.63) is 71.3 Å². The van der Waals surface area contributed by atoms with Crippen molar-refractivity contribution in [2.45, 2.75) is 5.33 Å². The van der Waals surface area contributed by atoms with E-state index < -0.39 is 0 Å². The van der Waals surface area contributed by atoms with Crippen molar-refractivity contribution in [1.29, 1.82) is 0 Å². The number of halogens is 1. The highest BCUT2D eigenvalue weighted by atomic mass is 79.9. The van der Waals surface area contributed by atoms with Gasteiger partial charge in [-0.05, 0) is 16.7 Å². The Morgan fingerprint density at radius 3 is 1.88 bits per heavy atom. The Balaban J connectivity index is 2.12. The highest BCUT2D eigenvalue weighted by Gasteiger charge is 1.90. The van der Waals surface area contributed by atoms with Crippen LogP contribution in [0.4, 0.5) is 0 Å². The molecule has 0 atom stereocenters. The van der Waals surface area contributed by atoms with Gasteiger partial charge in [0.2, 0.25) is 0 Å². The maximum atomic E-state index is 3.44. The summed E-state index contributed by atoms with van der Waals surface area (Å²) in [5.41, 5.74) is 3.76. The van der Waals surface area contributed by atoms with Crippen LogP contribution >= 0.6 is 15.9 Å². The van der Waals surface area contributed by atoms with Gasteiger partial charge in [-0.2, -0.15) is 0 Å². The minimum absolute atomic E-state index is 0.912. The van der Waals surface area contributed by atoms with Crippen LogP contribution in [0.25, 0.3) is 12.2 Å². The van der Waals surface area contributed by atoms with Crippen molar-refractivity contribution >= 4 is 28.1 Å². The monoisotopic (exact) mass is 272 g/mol. The lowest BCUT2D eigenvalue weighted by Gasteiger charge is -1.97. The van der Waals surface area contributed by atoms with Crippen molar-refractivity contribution in [3.63, 3.8) is 0 Å². The molecule has 0 saturated heterocycles. The highest BCUT2D eigenvalue weighted by Crippen LogP contribution is 2.11. The van der Waals surface area contributed by atoms with Crippen molar-refractivity contribution in [3.8, 4) is 0 Å². The largest absolute Gasteiger partial charge is 0.0876 e. The second-order valence-electron chi connectivity index (χ2n) is 3.62. The minimum Gasteiger partial charge on any atom is -0.0876 e. The molecule has 1 heteroatoms. The molecule has 0 nitrogen and oxygen atoms in total. The Bertz CT molecular complexity index is 455. The van der Waals surface area contributed by atoms with Crippen molar-refractivity contribution in [2.24, 2.45) is 0 Å². The lowest BCUT2D eigenvalue weighted by Crippen LogP contribution is -1.77. The molecule has 0 bridgehead atoms. The molecule has 0 saturated carbocycles. The summed E-state index contributed by atoms with van der Waals surface area (Å²) in [7, 11) is 0. The molecule has 0 radical (unpaired) electrons. The van der Waals surface area contributed by atoms with Gasteiger partial charge in [0.1, 0.15) is 0 Å². The fourth-order valence-electron chi connectivity index (χ4n) is 1.47. The van der Waals surface area contributed by atoms with Gasteiger partial charge in [-0.3, -0.25) is 0 Å². The third-order valence-corrected chi connectivity index (χ3v) is 3.05. The average Bonchev–Trinajstić information content (AvgIpc) is 2.38. The first kappa shape index (κ1) is 11.2. The quantitative estimate of drug-likeness (QED) is 0.559. The van der Waals surface area contributed by atoms with Gasteiger partial charge in [-0.1, -0.05) is 82.7 Å². The molecule has 2 rings (SSSR count). The van der Waals surface area contributed by atoms with Gasteiger partial charge in [-0.25, -0.2) is 0 Å². The molecule has 2 aromatic rings. The van der Waals surface area contributed by atoms with Crippen molar-refractivity contribution in [2.75, 3.05) is 0 Å². The van der Waals surface area contributed by atoms with E-state index in [1.807, 2.05) is 18.2 Å².